The number of hydrogen-bond acceptors (Lipinski definition) is 3. The number of nitrogen functional groups attached to an aromatic ring is 1. The van der Waals surface area contributed by atoms with Crippen LogP contribution in [0, 0.1) is 0 Å². The van der Waals surface area contributed by atoms with Crippen molar-refractivity contribution >= 4 is 19.0 Å². The minimum atomic E-state index is 0.627. The summed E-state index contributed by atoms with van der Waals surface area (Å²) in [6, 6.07) is 11.1. The lowest BCUT2D eigenvalue weighted by molar-refractivity contribution is 0.467. The zero-order chi connectivity index (χ0) is 10.7. The van der Waals surface area contributed by atoms with Crippen molar-refractivity contribution in [3.8, 4) is 11.6 Å². The van der Waals surface area contributed by atoms with E-state index in [2.05, 4.69) is 4.98 Å². The third kappa shape index (κ3) is 2.28. The molecule has 15 heavy (non-hydrogen) atoms. The lowest BCUT2D eigenvalue weighted by atomic mass is 9.98. The Kier molecular flexibility index (Phi) is 2.58. The lowest BCUT2D eigenvalue weighted by Gasteiger charge is -2.06. The van der Waals surface area contributed by atoms with Crippen LogP contribution in [0.3, 0.4) is 0 Å². The van der Waals surface area contributed by atoms with Crippen molar-refractivity contribution in [3.63, 3.8) is 0 Å². The smallest absolute Gasteiger partial charge is 0.212 e. The molecule has 0 saturated carbocycles. The number of nitrogens with two attached hydrogens (primary N) is 1. The summed E-state index contributed by atoms with van der Waals surface area (Å²) >= 11 is 0. The first kappa shape index (κ1) is 9.58. The van der Waals surface area contributed by atoms with Crippen LogP contribution < -0.4 is 15.9 Å². The highest BCUT2D eigenvalue weighted by Crippen LogP contribution is 2.18. The van der Waals surface area contributed by atoms with Gasteiger partial charge in [-0.05, 0) is 35.8 Å². The molecule has 4 heteroatoms. The molecule has 0 fully saturated rings. The molecule has 0 aliphatic rings. The summed E-state index contributed by atoms with van der Waals surface area (Å²) in [6.07, 6.45) is 1.71. The molecular formula is C11H11BN2O. The van der Waals surface area contributed by atoms with Crippen molar-refractivity contribution in [2.75, 3.05) is 5.73 Å². The van der Waals surface area contributed by atoms with Crippen LogP contribution in [0.1, 0.15) is 0 Å². The zero-order valence-electron chi connectivity index (χ0n) is 8.47. The third-order valence-electron chi connectivity index (χ3n) is 2.06. The van der Waals surface area contributed by atoms with E-state index in [9.17, 15) is 0 Å². The Balaban J connectivity index is 2.22. The van der Waals surface area contributed by atoms with Crippen LogP contribution in [0.4, 0.5) is 5.69 Å². The molecule has 0 aliphatic carbocycles. The average molecular weight is 198 g/mol. The second-order valence-electron chi connectivity index (χ2n) is 3.30. The Morgan fingerprint density at radius 3 is 2.53 bits per heavy atom. The minimum Gasteiger partial charge on any atom is -0.440 e. The summed E-state index contributed by atoms with van der Waals surface area (Å²) in [4.78, 5) is 4.14. The van der Waals surface area contributed by atoms with Crippen molar-refractivity contribution in [1.29, 1.82) is 0 Å². The number of anilines is 1. The highest BCUT2D eigenvalue weighted by atomic mass is 16.5. The van der Waals surface area contributed by atoms with Crippen molar-refractivity contribution < 1.29 is 4.74 Å². The van der Waals surface area contributed by atoms with E-state index >= 15 is 0 Å². The molecule has 0 radical (unpaired) electrons. The Morgan fingerprint density at radius 2 is 1.87 bits per heavy atom. The maximum atomic E-state index is 5.60. The molecule has 2 N–H and O–H groups in total. The summed E-state index contributed by atoms with van der Waals surface area (Å²) in [5, 5.41) is 0. The molecule has 2 aromatic rings. The second kappa shape index (κ2) is 4.04. The largest absolute Gasteiger partial charge is 0.440 e. The fraction of sp³-hybridized carbons (Fsp3) is 0. The van der Waals surface area contributed by atoms with E-state index in [-0.39, 0.29) is 0 Å². The van der Waals surface area contributed by atoms with E-state index in [1.807, 2.05) is 32.1 Å². The molecular weight excluding hydrogens is 187 g/mol. The van der Waals surface area contributed by atoms with Gasteiger partial charge in [0.15, 0.2) is 0 Å². The second-order valence-corrected chi connectivity index (χ2v) is 3.30. The summed E-state index contributed by atoms with van der Waals surface area (Å²) in [7, 11) is 1.96. The molecule has 0 bridgehead atoms. The van der Waals surface area contributed by atoms with Gasteiger partial charge in [0.05, 0.1) is 0 Å². The van der Waals surface area contributed by atoms with Gasteiger partial charge in [-0.25, -0.2) is 4.98 Å². The Bertz CT molecular complexity index is 456. The molecule has 0 spiro atoms. The Labute approximate surface area is 89.3 Å². The molecule has 1 aromatic heterocycles. The molecule has 0 atom stereocenters. The minimum absolute atomic E-state index is 0.627. The van der Waals surface area contributed by atoms with E-state index < -0.39 is 0 Å². The predicted molar refractivity (Wildman–Crippen MR) is 63.3 cm³/mol. The van der Waals surface area contributed by atoms with Gasteiger partial charge in [0, 0.05) is 11.9 Å². The van der Waals surface area contributed by atoms with Crippen LogP contribution in [0.25, 0.3) is 0 Å². The van der Waals surface area contributed by atoms with Crippen molar-refractivity contribution in [2.45, 2.75) is 0 Å². The van der Waals surface area contributed by atoms with Crippen LogP contribution in [-0.2, 0) is 0 Å². The van der Waals surface area contributed by atoms with Crippen LogP contribution in [0.15, 0.2) is 42.6 Å². The Morgan fingerprint density at radius 1 is 1.13 bits per heavy atom. The number of pyridine rings is 1. The number of rotatable bonds is 2. The van der Waals surface area contributed by atoms with Gasteiger partial charge in [-0.2, -0.15) is 0 Å². The highest BCUT2D eigenvalue weighted by molar-refractivity contribution is 6.33. The fourth-order valence-electron chi connectivity index (χ4n) is 1.23. The summed E-state index contributed by atoms with van der Waals surface area (Å²) in [5.41, 5.74) is 7.31. The van der Waals surface area contributed by atoms with Crippen molar-refractivity contribution in [1.82, 2.24) is 4.98 Å². The lowest BCUT2D eigenvalue weighted by Crippen LogP contribution is -2.07. The van der Waals surface area contributed by atoms with Gasteiger partial charge in [-0.1, -0.05) is 6.07 Å². The molecule has 1 heterocycles. The van der Waals surface area contributed by atoms with Gasteiger partial charge < -0.3 is 10.5 Å². The summed E-state index contributed by atoms with van der Waals surface area (Å²) < 4.78 is 5.60. The van der Waals surface area contributed by atoms with Gasteiger partial charge in [0.2, 0.25) is 5.88 Å². The monoisotopic (exact) mass is 198 g/mol. The first-order valence-corrected chi connectivity index (χ1v) is 4.71. The molecule has 2 rings (SSSR count). The van der Waals surface area contributed by atoms with Gasteiger partial charge in [-0.15, -0.1) is 0 Å². The van der Waals surface area contributed by atoms with Crippen LogP contribution in [0.5, 0.6) is 11.6 Å². The number of aromatic nitrogens is 1. The molecule has 3 nitrogen and oxygen atoms in total. The van der Waals surface area contributed by atoms with Crippen LogP contribution in [-0.4, -0.2) is 12.8 Å². The van der Waals surface area contributed by atoms with Gasteiger partial charge >= 0.3 is 0 Å². The first-order chi connectivity index (χ1) is 7.25. The SMILES string of the molecule is Bc1cccnc1Oc1ccc(N)cc1. The van der Waals surface area contributed by atoms with Crippen molar-refractivity contribution in [2.24, 2.45) is 0 Å². The van der Waals surface area contributed by atoms with Gasteiger partial charge in [0.25, 0.3) is 0 Å². The number of nitrogens with zero attached hydrogens (tertiary/aromatic N) is 1. The maximum absolute atomic E-state index is 5.60. The van der Waals surface area contributed by atoms with E-state index in [4.69, 9.17) is 10.5 Å². The quantitative estimate of drug-likeness (QED) is 0.571. The highest BCUT2D eigenvalue weighted by Gasteiger charge is 2.00. The average Bonchev–Trinajstić information content (AvgIpc) is 2.25. The number of hydrogen-bond donors (Lipinski definition) is 1. The molecule has 74 valence electrons. The number of benzene rings is 1. The summed E-state index contributed by atoms with van der Waals surface area (Å²) in [6.45, 7) is 0. The predicted octanol–water partition coefficient (Wildman–Crippen LogP) is 0.715. The number of ether oxygens (including phenoxy) is 1. The third-order valence-corrected chi connectivity index (χ3v) is 2.06. The molecule has 0 unspecified atom stereocenters. The van der Waals surface area contributed by atoms with E-state index in [0.717, 1.165) is 16.9 Å². The first-order valence-electron chi connectivity index (χ1n) is 4.71. The molecule has 0 saturated heterocycles. The van der Waals surface area contributed by atoms with E-state index in [1.54, 1.807) is 18.3 Å². The summed E-state index contributed by atoms with van der Waals surface area (Å²) in [5.74, 6) is 1.37. The van der Waals surface area contributed by atoms with Gasteiger partial charge in [0.1, 0.15) is 13.6 Å². The Hall–Kier alpha value is -1.97. The van der Waals surface area contributed by atoms with Crippen LogP contribution in [0.2, 0.25) is 0 Å². The van der Waals surface area contributed by atoms with Gasteiger partial charge in [-0.3, -0.25) is 0 Å². The van der Waals surface area contributed by atoms with E-state index in [0.29, 0.717) is 5.88 Å². The molecule has 1 aromatic carbocycles. The van der Waals surface area contributed by atoms with E-state index in [1.165, 1.54) is 0 Å². The maximum Gasteiger partial charge on any atom is 0.212 e. The normalized spacial score (nSPS) is 9.87. The zero-order valence-corrected chi connectivity index (χ0v) is 8.47. The van der Waals surface area contributed by atoms with Crippen molar-refractivity contribution in [3.05, 3.63) is 42.6 Å². The molecule has 0 amide bonds. The fourth-order valence-corrected chi connectivity index (χ4v) is 1.23. The standard InChI is InChI=1S/C11H11BN2O/c12-10-2-1-7-14-11(10)15-9-5-3-8(13)4-6-9/h1-7H,12-13H2. The molecule has 0 aliphatic heterocycles. The topological polar surface area (TPSA) is 48.1 Å². The van der Waals surface area contributed by atoms with Crippen LogP contribution >= 0.6 is 0 Å².